The van der Waals surface area contributed by atoms with E-state index >= 15 is 0 Å². The van der Waals surface area contributed by atoms with Crippen LogP contribution in [0.25, 0.3) is 5.69 Å². The van der Waals surface area contributed by atoms with Gasteiger partial charge in [-0.15, -0.1) is 11.6 Å². The molecule has 0 radical (unpaired) electrons. The number of halogens is 1. The minimum atomic E-state index is 0.512. The number of rotatable bonds is 2. The van der Waals surface area contributed by atoms with Crippen molar-refractivity contribution in [3.8, 4) is 5.69 Å². The van der Waals surface area contributed by atoms with Gasteiger partial charge >= 0.3 is 0 Å². The standard InChI is InChI=1S/C12H13ClN2/c1-9-5-3-4-6-12(9)15-10(2)11(7-13)8-14-15/h3-6,8H,7H2,1-2H3. The molecule has 0 saturated carbocycles. The van der Waals surface area contributed by atoms with Crippen molar-refractivity contribution in [2.75, 3.05) is 0 Å². The Balaban J connectivity index is 2.55. The molecule has 0 fully saturated rings. The quantitative estimate of drug-likeness (QED) is 0.711. The predicted molar refractivity (Wildman–Crippen MR) is 62.6 cm³/mol. The molecule has 1 aromatic heterocycles. The van der Waals surface area contributed by atoms with Crippen molar-refractivity contribution < 1.29 is 0 Å². The third kappa shape index (κ3) is 1.77. The summed E-state index contributed by atoms with van der Waals surface area (Å²) in [5.41, 5.74) is 4.52. The smallest absolute Gasteiger partial charge is 0.0677 e. The summed E-state index contributed by atoms with van der Waals surface area (Å²) in [6, 6.07) is 8.19. The Labute approximate surface area is 94.5 Å². The van der Waals surface area contributed by atoms with Crippen molar-refractivity contribution in [3.05, 3.63) is 47.3 Å². The summed E-state index contributed by atoms with van der Waals surface area (Å²) in [5.74, 6) is 0.512. The lowest BCUT2D eigenvalue weighted by Gasteiger charge is -2.07. The van der Waals surface area contributed by atoms with Crippen LogP contribution in [0, 0.1) is 13.8 Å². The number of aromatic nitrogens is 2. The van der Waals surface area contributed by atoms with Crippen molar-refractivity contribution in [2.45, 2.75) is 19.7 Å². The molecule has 0 bridgehead atoms. The highest BCUT2D eigenvalue weighted by Gasteiger charge is 2.08. The van der Waals surface area contributed by atoms with Gasteiger partial charge in [-0.25, -0.2) is 4.68 Å². The zero-order valence-corrected chi connectivity index (χ0v) is 9.62. The van der Waals surface area contributed by atoms with Gasteiger partial charge < -0.3 is 0 Å². The highest BCUT2D eigenvalue weighted by atomic mass is 35.5. The van der Waals surface area contributed by atoms with E-state index in [1.807, 2.05) is 29.9 Å². The minimum Gasteiger partial charge on any atom is -0.238 e. The van der Waals surface area contributed by atoms with Crippen LogP contribution in [0.2, 0.25) is 0 Å². The van der Waals surface area contributed by atoms with Gasteiger partial charge in [0.05, 0.1) is 17.8 Å². The number of aryl methyl sites for hydroxylation is 1. The topological polar surface area (TPSA) is 17.8 Å². The second kappa shape index (κ2) is 4.07. The number of para-hydroxylation sites is 1. The van der Waals surface area contributed by atoms with Crippen LogP contribution in [0.15, 0.2) is 30.5 Å². The van der Waals surface area contributed by atoms with E-state index in [0.717, 1.165) is 16.9 Å². The summed E-state index contributed by atoms with van der Waals surface area (Å²) in [4.78, 5) is 0. The first-order valence-electron chi connectivity index (χ1n) is 4.89. The molecule has 2 nitrogen and oxygen atoms in total. The average molecular weight is 221 g/mol. The molecule has 0 unspecified atom stereocenters. The highest BCUT2D eigenvalue weighted by molar-refractivity contribution is 6.17. The summed E-state index contributed by atoms with van der Waals surface area (Å²) in [5, 5.41) is 4.35. The van der Waals surface area contributed by atoms with Crippen LogP contribution >= 0.6 is 11.6 Å². The lowest BCUT2D eigenvalue weighted by Crippen LogP contribution is -2.01. The van der Waals surface area contributed by atoms with Crippen LogP contribution in [0.3, 0.4) is 0 Å². The highest BCUT2D eigenvalue weighted by Crippen LogP contribution is 2.18. The van der Waals surface area contributed by atoms with Gasteiger partial charge in [0.15, 0.2) is 0 Å². The van der Waals surface area contributed by atoms with E-state index in [4.69, 9.17) is 11.6 Å². The number of alkyl halides is 1. The zero-order valence-electron chi connectivity index (χ0n) is 8.87. The second-order valence-corrected chi connectivity index (χ2v) is 3.85. The van der Waals surface area contributed by atoms with E-state index in [1.54, 1.807) is 0 Å². The molecule has 0 N–H and O–H groups in total. The molecule has 0 atom stereocenters. The molecule has 3 heteroatoms. The second-order valence-electron chi connectivity index (χ2n) is 3.59. The summed E-state index contributed by atoms with van der Waals surface area (Å²) in [7, 11) is 0. The largest absolute Gasteiger partial charge is 0.238 e. The van der Waals surface area contributed by atoms with Crippen LogP contribution in [0.4, 0.5) is 0 Å². The van der Waals surface area contributed by atoms with Gasteiger partial charge in [0.2, 0.25) is 0 Å². The lowest BCUT2D eigenvalue weighted by atomic mass is 10.2. The lowest BCUT2D eigenvalue weighted by molar-refractivity contribution is 0.839. The number of nitrogens with zero attached hydrogens (tertiary/aromatic N) is 2. The molecule has 1 heterocycles. The van der Waals surface area contributed by atoms with Gasteiger partial charge in [-0.2, -0.15) is 5.10 Å². The fourth-order valence-electron chi connectivity index (χ4n) is 1.62. The van der Waals surface area contributed by atoms with Crippen molar-refractivity contribution in [1.82, 2.24) is 9.78 Å². The molecule has 0 saturated heterocycles. The van der Waals surface area contributed by atoms with Crippen molar-refractivity contribution in [1.29, 1.82) is 0 Å². The molecule has 0 aliphatic carbocycles. The first kappa shape index (κ1) is 10.2. The maximum Gasteiger partial charge on any atom is 0.0677 e. The van der Waals surface area contributed by atoms with Crippen molar-refractivity contribution in [2.24, 2.45) is 0 Å². The molecule has 15 heavy (non-hydrogen) atoms. The fraction of sp³-hybridized carbons (Fsp3) is 0.250. The van der Waals surface area contributed by atoms with Gasteiger partial charge in [-0.05, 0) is 25.5 Å². The Kier molecular flexibility index (Phi) is 2.78. The molecule has 2 rings (SSSR count). The maximum absolute atomic E-state index is 5.82. The number of benzene rings is 1. The van der Waals surface area contributed by atoms with Crippen LogP contribution < -0.4 is 0 Å². The summed E-state index contributed by atoms with van der Waals surface area (Å²) in [6.45, 7) is 4.12. The third-order valence-corrected chi connectivity index (χ3v) is 2.89. The van der Waals surface area contributed by atoms with Crippen molar-refractivity contribution >= 4 is 11.6 Å². The Morgan fingerprint density at radius 2 is 2.00 bits per heavy atom. The summed E-state index contributed by atoms with van der Waals surface area (Å²) in [6.07, 6.45) is 1.83. The van der Waals surface area contributed by atoms with E-state index in [9.17, 15) is 0 Å². The van der Waals surface area contributed by atoms with Gasteiger partial charge in [0.25, 0.3) is 0 Å². The third-order valence-electron chi connectivity index (χ3n) is 2.60. The molecular formula is C12H13ClN2. The SMILES string of the molecule is Cc1ccccc1-n1ncc(CCl)c1C. The van der Waals surface area contributed by atoms with E-state index in [-0.39, 0.29) is 0 Å². The number of hydrogen-bond donors (Lipinski definition) is 0. The molecule has 1 aromatic carbocycles. The molecular weight excluding hydrogens is 208 g/mol. The molecule has 0 spiro atoms. The summed E-state index contributed by atoms with van der Waals surface area (Å²) < 4.78 is 1.94. The Hall–Kier alpha value is -1.28. The Morgan fingerprint density at radius 1 is 1.27 bits per heavy atom. The van der Waals surface area contributed by atoms with Crippen LogP contribution in [0.1, 0.15) is 16.8 Å². The molecule has 0 aliphatic heterocycles. The van der Waals surface area contributed by atoms with Gasteiger partial charge in [0.1, 0.15) is 0 Å². The van der Waals surface area contributed by atoms with E-state index in [0.29, 0.717) is 5.88 Å². The van der Waals surface area contributed by atoms with Gasteiger partial charge in [-0.3, -0.25) is 0 Å². The molecule has 78 valence electrons. The van der Waals surface area contributed by atoms with Gasteiger partial charge in [-0.1, -0.05) is 18.2 Å². The monoisotopic (exact) mass is 220 g/mol. The molecule has 0 amide bonds. The fourth-order valence-corrected chi connectivity index (χ4v) is 1.88. The molecule has 0 aliphatic rings. The average Bonchev–Trinajstić information content (AvgIpc) is 2.60. The maximum atomic E-state index is 5.82. The van der Waals surface area contributed by atoms with Crippen LogP contribution in [-0.2, 0) is 5.88 Å². The Bertz CT molecular complexity index is 474. The number of hydrogen-bond acceptors (Lipinski definition) is 1. The van der Waals surface area contributed by atoms with E-state index in [2.05, 4.69) is 24.2 Å². The van der Waals surface area contributed by atoms with E-state index in [1.165, 1.54) is 5.56 Å². The van der Waals surface area contributed by atoms with Crippen LogP contribution in [-0.4, -0.2) is 9.78 Å². The first-order chi connectivity index (χ1) is 7.24. The summed E-state index contributed by atoms with van der Waals surface area (Å²) >= 11 is 5.82. The van der Waals surface area contributed by atoms with Gasteiger partial charge in [0, 0.05) is 11.3 Å². The van der Waals surface area contributed by atoms with Crippen molar-refractivity contribution in [3.63, 3.8) is 0 Å². The van der Waals surface area contributed by atoms with Crippen LogP contribution in [0.5, 0.6) is 0 Å². The minimum absolute atomic E-state index is 0.512. The zero-order chi connectivity index (χ0) is 10.8. The Morgan fingerprint density at radius 3 is 2.60 bits per heavy atom. The normalized spacial score (nSPS) is 10.6. The van der Waals surface area contributed by atoms with E-state index < -0.39 is 0 Å². The molecule has 2 aromatic rings. The first-order valence-corrected chi connectivity index (χ1v) is 5.43. The predicted octanol–water partition coefficient (Wildman–Crippen LogP) is 3.23.